The summed E-state index contributed by atoms with van der Waals surface area (Å²) in [4.78, 5) is 0. The van der Waals surface area contributed by atoms with E-state index >= 15 is 13.2 Å². The van der Waals surface area contributed by atoms with Gasteiger partial charge in [0.1, 0.15) is 0 Å². The second-order valence-corrected chi connectivity index (χ2v) is 56.6. The number of allylic oxidation sites excluding steroid dienone is 4. The minimum Gasteiger partial charge on any atom is -0.147 e. The molecule has 2 unspecified atom stereocenters. The predicted molar refractivity (Wildman–Crippen MR) is 297 cm³/mol. The van der Waals surface area contributed by atoms with Crippen molar-refractivity contribution in [2.24, 2.45) is 46.3 Å². The smallest absolute Gasteiger partial charge is 0.147 e. The molecule has 4 aromatic rings. The van der Waals surface area contributed by atoms with Gasteiger partial charge in [0.15, 0.2) is 0 Å². The van der Waals surface area contributed by atoms with Crippen molar-refractivity contribution in [2.45, 2.75) is 172 Å². The van der Waals surface area contributed by atoms with Gasteiger partial charge in [-0.2, -0.15) is 0 Å². The van der Waals surface area contributed by atoms with Crippen molar-refractivity contribution < 1.29 is 30.6 Å². The Hall–Kier alpha value is -2.17. The van der Waals surface area contributed by atoms with E-state index in [1.165, 1.54) is 155 Å². The van der Waals surface area contributed by atoms with Crippen LogP contribution in [0, 0.1) is 46.3 Å². The van der Waals surface area contributed by atoms with E-state index in [1.54, 1.807) is 0 Å². The van der Waals surface area contributed by atoms with Crippen molar-refractivity contribution in [3.8, 4) is 22.3 Å². The van der Waals surface area contributed by atoms with E-state index in [-0.39, 0.29) is 47.0 Å². The Morgan fingerprint density at radius 2 is 0.817 bits per heavy atom. The van der Waals surface area contributed by atoms with Crippen molar-refractivity contribution in [1.82, 2.24) is 0 Å². The molecular weight excluding hydrogens is 1020 g/mol. The minimum absolute atomic E-state index is 0. The molecule has 71 heavy (non-hydrogen) atoms. The molecular formula is C64H81Cl2F3SiZr. The van der Waals surface area contributed by atoms with Crippen LogP contribution in [0.25, 0.3) is 33.4 Å². The van der Waals surface area contributed by atoms with E-state index in [0.29, 0.717) is 10.8 Å². The normalized spacial score (nSPS) is 31.7. The number of benzene rings is 4. The molecule has 10 aliphatic rings. The summed E-state index contributed by atoms with van der Waals surface area (Å²) in [5, 5.41) is 0. The van der Waals surface area contributed by atoms with Gasteiger partial charge in [0.05, 0.1) is 0 Å². The molecule has 7 heteroatoms. The zero-order valence-electron chi connectivity index (χ0n) is 44.3. The second kappa shape index (κ2) is 17.4. The van der Waals surface area contributed by atoms with Crippen molar-refractivity contribution in [3.05, 3.63) is 129 Å². The Morgan fingerprint density at radius 1 is 0.507 bits per heavy atom. The SMILES string of the molecule is CC1=C(C(C)(C)C)[CH]([Zr]([CH3])(=[SiH2])([CH2]CC(F)(F)F)[CH]2C(C(C)(C)C)=C(C)c3c(-c4ccc(C56CC7CC(CC(C7)C5)C6)cc4)cccc32)c2cccc(-c3ccc(C45CC6CC(CC(C6)C4)C5)cc3)c21.Cl.Cl. The van der Waals surface area contributed by atoms with Crippen LogP contribution in [0.1, 0.15) is 179 Å². The number of fused-ring (bicyclic) bond motifs is 2. The third-order valence-electron chi connectivity index (χ3n) is 21.1. The third-order valence-corrected chi connectivity index (χ3v) is 43.6. The zero-order chi connectivity index (χ0) is 48.4. The summed E-state index contributed by atoms with van der Waals surface area (Å²) < 4.78 is 48.4. The van der Waals surface area contributed by atoms with Gasteiger partial charge >= 0.3 is 419 Å². The summed E-state index contributed by atoms with van der Waals surface area (Å²) in [6, 6.07) is 33.3. The fourth-order valence-corrected chi connectivity index (χ4v) is 43.6. The van der Waals surface area contributed by atoms with Crippen LogP contribution in [0.15, 0.2) is 96.1 Å². The molecule has 10 aliphatic carbocycles. The van der Waals surface area contributed by atoms with E-state index in [9.17, 15) is 0 Å². The van der Waals surface area contributed by atoms with Crippen molar-refractivity contribution in [1.29, 1.82) is 0 Å². The predicted octanol–water partition coefficient (Wildman–Crippen LogP) is 18.9. The molecule has 2 atom stereocenters. The van der Waals surface area contributed by atoms with Crippen molar-refractivity contribution in [3.63, 3.8) is 0 Å². The molecule has 8 bridgehead atoms. The Morgan fingerprint density at radius 3 is 1.10 bits per heavy atom. The van der Waals surface area contributed by atoms with Crippen LogP contribution in [0.5, 0.6) is 0 Å². The van der Waals surface area contributed by atoms with Crippen LogP contribution >= 0.6 is 24.8 Å². The molecule has 14 rings (SSSR count). The van der Waals surface area contributed by atoms with Crippen LogP contribution in [0.4, 0.5) is 13.2 Å². The molecule has 4 aromatic carbocycles. The van der Waals surface area contributed by atoms with Gasteiger partial charge in [-0.05, 0) is 0 Å². The minimum atomic E-state index is -5.02. The molecule has 0 radical (unpaired) electrons. The summed E-state index contributed by atoms with van der Waals surface area (Å²) in [7, 11) is 0. The molecule has 0 saturated heterocycles. The van der Waals surface area contributed by atoms with Gasteiger partial charge < -0.3 is 0 Å². The standard InChI is InChI=1S/2C30H35.C3H4F3.CH3.2ClH.H2Si.Zr/c2*1-19-27(29(2,3)4)15-24-6-5-7-26(28(19)24)23-8-10-25(11-9-23)30-16-20-12-21(17-30)14-22(13-20)18-30;1-2-3(4,5)6;;;;;/h2*5-11,15,20-22H,12-14,16-18H2,1-4H3;1-2H2;1H3;2*1H;1H2;. The van der Waals surface area contributed by atoms with E-state index in [2.05, 4.69) is 152 Å². The van der Waals surface area contributed by atoms with Gasteiger partial charge in [0.2, 0.25) is 0 Å². The van der Waals surface area contributed by atoms with Crippen LogP contribution in [-0.2, 0) is 28.2 Å². The molecule has 0 aromatic heterocycles. The maximum Gasteiger partial charge on any atom is -0.147 e. The van der Waals surface area contributed by atoms with Crippen molar-refractivity contribution in [2.75, 3.05) is 0 Å². The van der Waals surface area contributed by atoms with E-state index in [1.807, 2.05) is 0 Å². The first-order chi connectivity index (χ1) is 32.4. The quantitative estimate of drug-likeness (QED) is 0.154. The summed E-state index contributed by atoms with van der Waals surface area (Å²) in [6.45, 7) is 20.8. The summed E-state index contributed by atoms with van der Waals surface area (Å²) in [5.74, 6) is 5.37. The topological polar surface area (TPSA) is 0 Å². The summed E-state index contributed by atoms with van der Waals surface area (Å²) in [5.41, 5.74) is 18.8. The molecule has 0 N–H and O–H groups in total. The van der Waals surface area contributed by atoms with E-state index < -0.39 is 30.0 Å². The number of hydrogen-bond donors (Lipinski definition) is 0. The first kappa shape index (κ1) is 52.3. The number of rotatable bonds is 8. The van der Waals surface area contributed by atoms with E-state index in [0.717, 1.165) is 35.5 Å². The van der Waals surface area contributed by atoms with Crippen LogP contribution in [0.3, 0.4) is 0 Å². The molecule has 0 spiro atoms. The average Bonchev–Trinajstić information content (AvgIpc) is 3.78. The van der Waals surface area contributed by atoms with Gasteiger partial charge in [-0.1, -0.05) is 0 Å². The first-order valence-electron chi connectivity index (χ1n) is 27.5. The summed E-state index contributed by atoms with van der Waals surface area (Å²) in [6.07, 6.45) is 11.8. The van der Waals surface area contributed by atoms with E-state index in [4.69, 9.17) is 0 Å². The Bertz CT molecular complexity index is 2650. The number of halogens is 5. The molecule has 8 fully saturated rings. The molecule has 0 aliphatic heterocycles. The largest absolute Gasteiger partial charge is 0.147 e. The fourth-order valence-electron chi connectivity index (χ4n) is 19.6. The van der Waals surface area contributed by atoms with Crippen LogP contribution in [0.2, 0.25) is 8.76 Å². The number of hydrogen-bond acceptors (Lipinski definition) is 0. The Balaban J connectivity index is 0.00000291. The molecule has 380 valence electrons. The van der Waals surface area contributed by atoms with Gasteiger partial charge in [-0.25, -0.2) is 0 Å². The van der Waals surface area contributed by atoms with Crippen molar-refractivity contribution >= 4 is 42.8 Å². The summed E-state index contributed by atoms with van der Waals surface area (Å²) >= 11 is -5.02. The average molecular weight is 1100 g/mol. The Labute approximate surface area is 440 Å². The molecule has 8 saturated carbocycles. The maximum absolute atomic E-state index is 15.3. The maximum atomic E-state index is 15.3. The number of alkyl halides is 3. The molecule has 0 amide bonds. The van der Waals surface area contributed by atoms with Crippen LogP contribution in [-0.4, -0.2) is 13.1 Å². The zero-order valence-corrected chi connectivity index (χ0v) is 49.8. The van der Waals surface area contributed by atoms with Crippen LogP contribution < -0.4 is 0 Å². The van der Waals surface area contributed by atoms with Gasteiger partial charge in [-0.3, -0.25) is 0 Å². The van der Waals surface area contributed by atoms with Gasteiger partial charge in [0, 0.05) is 0 Å². The monoisotopic (exact) mass is 1090 g/mol. The fraction of sp³-hybridized carbons (Fsp3) is 0.562. The molecule has 0 heterocycles. The molecule has 0 nitrogen and oxygen atoms in total. The first-order valence-corrected chi connectivity index (χ1v) is 40.4. The van der Waals surface area contributed by atoms with Gasteiger partial charge in [0.25, 0.3) is 0 Å². The second-order valence-electron chi connectivity index (χ2n) is 28.2. The van der Waals surface area contributed by atoms with Gasteiger partial charge in [-0.15, -0.1) is 24.8 Å². The Kier molecular flexibility index (Phi) is 12.8. The third kappa shape index (κ3) is 8.33.